The Labute approximate surface area is 119 Å². The van der Waals surface area contributed by atoms with Crippen LogP contribution in [-0.4, -0.2) is 38.2 Å². The third-order valence-electron chi connectivity index (χ3n) is 3.80. The zero-order valence-corrected chi connectivity index (χ0v) is 11.8. The van der Waals surface area contributed by atoms with Gasteiger partial charge in [0.25, 0.3) is 0 Å². The summed E-state index contributed by atoms with van der Waals surface area (Å²) < 4.78 is 10.3. The van der Waals surface area contributed by atoms with Crippen molar-refractivity contribution in [3.8, 4) is 5.75 Å². The standard InChI is InChI=1S/C16H20N2O2/c1-19-16-4-2-15(3-5-16)18-9-7-17(8-10-18)12-14-6-11-20-13-14/h2-6,11,13H,7-10,12H2,1H3. The first-order valence-electron chi connectivity index (χ1n) is 6.97. The second-order valence-electron chi connectivity index (χ2n) is 5.09. The lowest BCUT2D eigenvalue weighted by Crippen LogP contribution is -2.45. The number of methoxy groups -OCH3 is 1. The highest BCUT2D eigenvalue weighted by Gasteiger charge is 2.17. The van der Waals surface area contributed by atoms with Gasteiger partial charge in [0.05, 0.1) is 19.6 Å². The Morgan fingerprint density at radius 2 is 1.80 bits per heavy atom. The van der Waals surface area contributed by atoms with Crippen LogP contribution in [-0.2, 0) is 6.54 Å². The summed E-state index contributed by atoms with van der Waals surface area (Å²) in [7, 11) is 1.70. The fourth-order valence-electron chi connectivity index (χ4n) is 2.60. The van der Waals surface area contributed by atoms with Crippen LogP contribution < -0.4 is 9.64 Å². The van der Waals surface area contributed by atoms with Crippen LogP contribution in [0.2, 0.25) is 0 Å². The maximum Gasteiger partial charge on any atom is 0.119 e. The van der Waals surface area contributed by atoms with E-state index in [4.69, 9.17) is 9.15 Å². The zero-order chi connectivity index (χ0) is 13.8. The van der Waals surface area contributed by atoms with Gasteiger partial charge in [-0.3, -0.25) is 4.90 Å². The van der Waals surface area contributed by atoms with Crippen LogP contribution >= 0.6 is 0 Å². The van der Waals surface area contributed by atoms with Crippen LogP contribution in [0.3, 0.4) is 0 Å². The van der Waals surface area contributed by atoms with Crippen LogP contribution in [0, 0.1) is 0 Å². The molecule has 1 aliphatic rings. The molecule has 2 heterocycles. The molecule has 0 aliphatic carbocycles. The van der Waals surface area contributed by atoms with Gasteiger partial charge in [0, 0.05) is 44.0 Å². The highest BCUT2D eigenvalue weighted by atomic mass is 16.5. The Kier molecular flexibility index (Phi) is 3.92. The monoisotopic (exact) mass is 272 g/mol. The molecule has 0 atom stereocenters. The van der Waals surface area contributed by atoms with Gasteiger partial charge in [0.15, 0.2) is 0 Å². The van der Waals surface area contributed by atoms with Crippen molar-refractivity contribution in [2.45, 2.75) is 6.54 Å². The lowest BCUT2D eigenvalue weighted by molar-refractivity contribution is 0.249. The molecular weight excluding hydrogens is 252 g/mol. The Morgan fingerprint density at radius 1 is 1.05 bits per heavy atom. The summed E-state index contributed by atoms with van der Waals surface area (Å²) in [6.07, 6.45) is 3.57. The fraction of sp³-hybridized carbons (Fsp3) is 0.375. The average molecular weight is 272 g/mol. The SMILES string of the molecule is COc1ccc(N2CCN(Cc3ccoc3)CC2)cc1. The smallest absolute Gasteiger partial charge is 0.119 e. The molecule has 3 rings (SSSR count). The predicted octanol–water partition coefficient (Wildman–Crippen LogP) is 2.61. The van der Waals surface area contributed by atoms with Crippen LogP contribution in [0.4, 0.5) is 5.69 Å². The fourth-order valence-corrected chi connectivity index (χ4v) is 2.60. The van der Waals surface area contributed by atoms with Crippen LogP contribution in [0.25, 0.3) is 0 Å². The average Bonchev–Trinajstić information content (AvgIpc) is 3.01. The minimum absolute atomic E-state index is 0.910. The highest BCUT2D eigenvalue weighted by molar-refractivity contribution is 5.49. The highest BCUT2D eigenvalue weighted by Crippen LogP contribution is 2.21. The van der Waals surface area contributed by atoms with Gasteiger partial charge < -0.3 is 14.1 Å². The number of hydrogen-bond acceptors (Lipinski definition) is 4. The summed E-state index contributed by atoms with van der Waals surface area (Å²) in [6, 6.07) is 10.3. The largest absolute Gasteiger partial charge is 0.497 e. The summed E-state index contributed by atoms with van der Waals surface area (Å²) in [5, 5.41) is 0. The lowest BCUT2D eigenvalue weighted by atomic mass is 10.2. The van der Waals surface area contributed by atoms with Gasteiger partial charge in [0.1, 0.15) is 5.75 Å². The molecule has 0 N–H and O–H groups in total. The van der Waals surface area contributed by atoms with Gasteiger partial charge in [-0.2, -0.15) is 0 Å². The summed E-state index contributed by atoms with van der Waals surface area (Å²) in [5.74, 6) is 0.910. The molecule has 20 heavy (non-hydrogen) atoms. The molecule has 0 amide bonds. The second kappa shape index (κ2) is 6.01. The van der Waals surface area contributed by atoms with E-state index < -0.39 is 0 Å². The van der Waals surface area contributed by atoms with Crippen LogP contribution in [0.15, 0.2) is 47.3 Å². The van der Waals surface area contributed by atoms with Gasteiger partial charge in [0.2, 0.25) is 0 Å². The maximum absolute atomic E-state index is 5.20. The summed E-state index contributed by atoms with van der Waals surface area (Å²) in [6.45, 7) is 5.26. The van der Waals surface area contributed by atoms with Crippen molar-refractivity contribution in [1.29, 1.82) is 0 Å². The van der Waals surface area contributed by atoms with Crippen LogP contribution in [0.1, 0.15) is 5.56 Å². The van der Waals surface area contributed by atoms with Crippen LogP contribution in [0.5, 0.6) is 5.75 Å². The minimum atomic E-state index is 0.910. The van der Waals surface area contributed by atoms with Crippen molar-refractivity contribution in [3.05, 3.63) is 48.4 Å². The Hall–Kier alpha value is -1.94. The molecule has 4 heteroatoms. The topological polar surface area (TPSA) is 28.9 Å². The molecule has 0 radical (unpaired) electrons. The second-order valence-corrected chi connectivity index (χ2v) is 5.09. The molecule has 1 fully saturated rings. The van der Waals surface area contributed by atoms with Gasteiger partial charge in [-0.25, -0.2) is 0 Å². The van der Waals surface area contributed by atoms with Crippen molar-refractivity contribution in [2.24, 2.45) is 0 Å². The van der Waals surface area contributed by atoms with E-state index in [-0.39, 0.29) is 0 Å². The van der Waals surface area contributed by atoms with E-state index >= 15 is 0 Å². The number of nitrogens with zero attached hydrogens (tertiary/aromatic N) is 2. The third-order valence-corrected chi connectivity index (χ3v) is 3.80. The molecule has 0 spiro atoms. The van der Waals surface area contributed by atoms with E-state index in [1.165, 1.54) is 11.3 Å². The molecule has 1 saturated heterocycles. The van der Waals surface area contributed by atoms with Gasteiger partial charge in [-0.05, 0) is 30.3 Å². The van der Waals surface area contributed by atoms with E-state index in [1.807, 2.05) is 24.5 Å². The zero-order valence-electron chi connectivity index (χ0n) is 11.8. The van der Waals surface area contributed by atoms with E-state index in [0.717, 1.165) is 38.5 Å². The van der Waals surface area contributed by atoms with Crippen molar-refractivity contribution in [1.82, 2.24) is 4.90 Å². The Morgan fingerprint density at radius 3 is 2.40 bits per heavy atom. The van der Waals surface area contributed by atoms with E-state index in [1.54, 1.807) is 13.4 Å². The normalized spacial score (nSPS) is 16.4. The summed E-state index contributed by atoms with van der Waals surface area (Å²) in [4.78, 5) is 4.89. The molecule has 106 valence electrons. The lowest BCUT2D eigenvalue weighted by Gasteiger charge is -2.36. The molecule has 0 saturated carbocycles. The van der Waals surface area contributed by atoms with Crippen molar-refractivity contribution in [3.63, 3.8) is 0 Å². The Balaban J connectivity index is 1.55. The van der Waals surface area contributed by atoms with Crippen molar-refractivity contribution in [2.75, 3.05) is 38.2 Å². The molecule has 0 unspecified atom stereocenters. The number of piperazine rings is 1. The van der Waals surface area contributed by atoms with E-state index in [9.17, 15) is 0 Å². The van der Waals surface area contributed by atoms with E-state index in [0.29, 0.717) is 0 Å². The molecule has 0 bridgehead atoms. The maximum atomic E-state index is 5.20. The van der Waals surface area contributed by atoms with Gasteiger partial charge in [-0.1, -0.05) is 0 Å². The number of anilines is 1. The molecule has 1 aliphatic heterocycles. The molecule has 1 aromatic carbocycles. The molecule has 2 aromatic rings. The van der Waals surface area contributed by atoms with Crippen molar-refractivity contribution < 1.29 is 9.15 Å². The van der Waals surface area contributed by atoms with Gasteiger partial charge in [-0.15, -0.1) is 0 Å². The number of benzene rings is 1. The first-order valence-corrected chi connectivity index (χ1v) is 6.97. The molecular formula is C16H20N2O2. The number of rotatable bonds is 4. The Bertz CT molecular complexity index is 514. The molecule has 1 aromatic heterocycles. The number of hydrogen-bond donors (Lipinski definition) is 0. The first-order chi connectivity index (χ1) is 9.85. The predicted molar refractivity (Wildman–Crippen MR) is 79.2 cm³/mol. The molecule has 4 nitrogen and oxygen atoms in total. The summed E-state index contributed by atoms with van der Waals surface area (Å²) in [5.41, 5.74) is 2.52. The summed E-state index contributed by atoms with van der Waals surface area (Å²) >= 11 is 0. The minimum Gasteiger partial charge on any atom is -0.497 e. The van der Waals surface area contributed by atoms with Crippen molar-refractivity contribution >= 4 is 5.69 Å². The quantitative estimate of drug-likeness (QED) is 0.855. The third kappa shape index (κ3) is 2.96. The van der Waals surface area contributed by atoms with Gasteiger partial charge >= 0.3 is 0 Å². The van der Waals surface area contributed by atoms with E-state index in [2.05, 4.69) is 21.9 Å². The number of ether oxygens (including phenoxy) is 1. The number of furan rings is 1. The first kappa shape index (κ1) is 13.1.